The molecule has 0 aromatic rings. The number of alkyl halides is 1. The minimum Gasteiger partial charge on any atom is -0.244 e. The van der Waals surface area contributed by atoms with Crippen molar-refractivity contribution in [3.05, 3.63) is 0 Å². The van der Waals surface area contributed by atoms with Gasteiger partial charge in [-0.25, -0.2) is 4.39 Å². The van der Waals surface area contributed by atoms with E-state index in [9.17, 15) is 4.39 Å². The summed E-state index contributed by atoms with van der Waals surface area (Å²) in [6.07, 6.45) is 2.37. The third-order valence-corrected chi connectivity index (χ3v) is 4.04. The van der Waals surface area contributed by atoms with Gasteiger partial charge in [-0.1, -0.05) is 20.8 Å². The maximum atomic E-state index is 13.7. The lowest BCUT2D eigenvalue weighted by atomic mass is 9.76. The first kappa shape index (κ1) is 8.52. The number of hydrogen-bond donors (Lipinski definition) is 0. The lowest BCUT2D eigenvalue weighted by Gasteiger charge is -2.29. The van der Waals surface area contributed by atoms with Gasteiger partial charge in [0.2, 0.25) is 0 Å². The van der Waals surface area contributed by atoms with E-state index in [0.29, 0.717) is 23.2 Å². The first-order chi connectivity index (χ1) is 5.35. The number of halogens is 1. The molecule has 4 atom stereocenters. The summed E-state index contributed by atoms with van der Waals surface area (Å²) in [7, 11) is 0. The van der Waals surface area contributed by atoms with E-state index < -0.39 is 5.67 Å². The lowest BCUT2D eigenvalue weighted by molar-refractivity contribution is 0.156. The predicted octanol–water partition coefficient (Wildman–Crippen LogP) is 3.42. The molecule has 0 amide bonds. The van der Waals surface area contributed by atoms with Gasteiger partial charge in [0.1, 0.15) is 5.67 Å². The zero-order chi connectivity index (χ0) is 9.15. The van der Waals surface area contributed by atoms with E-state index in [2.05, 4.69) is 20.8 Å². The van der Waals surface area contributed by atoms with Crippen molar-refractivity contribution in [3.8, 4) is 0 Å². The predicted molar refractivity (Wildman–Crippen MR) is 48.7 cm³/mol. The van der Waals surface area contributed by atoms with Crippen molar-refractivity contribution in [2.45, 2.75) is 46.2 Å². The molecule has 2 rings (SSSR count). The lowest BCUT2D eigenvalue weighted by Crippen LogP contribution is -2.24. The van der Waals surface area contributed by atoms with Crippen LogP contribution in [0.3, 0.4) is 0 Å². The van der Waals surface area contributed by atoms with Crippen molar-refractivity contribution in [2.24, 2.45) is 23.2 Å². The Morgan fingerprint density at radius 2 is 1.83 bits per heavy atom. The Hall–Kier alpha value is -0.0700. The quantitative estimate of drug-likeness (QED) is 0.522. The highest BCUT2D eigenvalue weighted by atomic mass is 19.1. The first-order valence-electron chi connectivity index (χ1n) is 5.04. The van der Waals surface area contributed by atoms with Crippen LogP contribution in [0.15, 0.2) is 0 Å². The summed E-state index contributed by atoms with van der Waals surface area (Å²) in [6, 6.07) is 0. The Bertz CT molecular complexity index is 200. The number of hydrogen-bond acceptors (Lipinski definition) is 0. The Kier molecular flexibility index (Phi) is 1.46. The van der Waals surface area contributed by atoms with Gasteiger partial charge in [0.25, 0.3) is 0 Å². The maximum Gasteiger partial charge on any atom is 0.114 e. The van der Waals surface area contributed by atoms with Gasteiger partial charge in [-0.15, -0.1) is 0 Å². The Labute approximate surface area is 74.5 Å². The van der Waals surface area contributed by atoms with Crippen molar-refractivity contribution in [3.63, 3.8) is 0 Å². The van der Waals surface area contributed by atoms with Crippen molar-refractivity contribution in [1.82, 2.24) is 0 Å². The fraction of sp³-hybridized carbons (Fsp3) is 1.00. The van der Waals surface area contributed by atoms with Crippen LogP contribution in [-0.4, -0.2) is 5.67 Å². The molecule has 0 aromatic heterocycles. The van der Waals surface area contributed by atoms with Gasteiger partial charge in [-0.2, -0.15) is 0 Å². The summed E-state index contributed by atoms with van der Waals surface area (Å²) in [5, 5.41) is 0. The van der Waals surface area contributed by atoms with Gasteiger partial charge >= 0.3 is 0 Å². The second-order valence-corrected chi connectivity index (χ2v) is 5.83. The minimum atomic E-state index is -0.809. The van der Waals surface area contributed by atoms with Crippen LogP contribution in [0.5, 0.6) is 0 Å². The second-order valence-electron chi connectivity index (χ2n) is 5.83. The Morgan fingerprint density at radius 3 is 2.08 bits per heavy atom. The van der Waals surface area contributed by atoms with E-state index >= 15 is 0 Å². The molecule has 12 heavy (non-hydrogen) atoms. The highest BCUT2D eigenvalue weighted by Gasteiger charge is 2.69. The summed E-state index contributed by atoms with van der Waals surface area (Å²) in [5.41, 5.74) is -0.501. The average molecular weight is 170 g/mol. The molecule has 2 saturated carbocycles. The molecule has 1 heteroatoms. The van der Waals surface area contributed by atoms with Crippen molar-refractivity contribution in [1.29, 1.82) is 0 Å². The van der Waals surface area contributed by atoms with Crippen LogP contribution < -0.4 is 0 Å². The summed E-state index contributed by atoms with van der Waals surface area (Å²) in [5.74, 6) is 1.41. The van der Waals surface area contributed by atoms with E-state index in [1.807, 2.05) is 0 Å². The van der Waals surface area contributed by atoms with Gasteiger partial charge < -0.3 is 0 Å². The summed E-state index contributed by atoms with van der Waals surface area (Å²) in [6.45, 7) is 8.53. The van der Waals surface area contributed by atoms with Crippen LogP contribution in [0, 0.1) is 23.2 Å². The molecule has 0 aromatic carbocycles. The Balaban J connectivity index is 2.13. The fourth-order valence-electron chi connectivity index (χ4n) is 3.25. The van der Waals surface area contributed by atoms with Gasteiger partial charge in [-0.3, -0.25) is 0 Å². The third-order valence-electron chi connectivity index (χ3n) is 4.04. The molecule has 0 bridgehead atoms. The first-order valence-corrected chi connectivity index (χ1v) is 5.04. The molecule has 0 nitrogen and oxygen atoms in total. The molecular weight excluding hydrogens is 151 g/mol. The number of fused-ring (bicyclic) bond motifs is 1. The van der Waals surface area contributed by atoms with Crippen molar-refractivity contribution >= 4 is 0 Å². The molecule has 0 spiro atoms. The van der Waals surface area contributed by atoms with Gasteiger partial charge in [0.15, 0.2) is 0 Å². The van der Waals surface area contributed by atoms with Crippen LogP contribution >= 0.6 is 0 Å². The van der Waals surface area contributed by atoms with Crippen LogP contribution in [-0.2, 0) is 0 Å². The summed E-state index contributed by atoms with van der Waals surface area (Å²) in [4.78, 5) is 0. The molecule has 0 saturated heterocycles. The molecule has 0 N–H and O–H groups in total. The fourth-order valence-corrected chi connectivity index (χ4v) is 3.25. The zero-order valence-electron chi connectivity index (χ0n) is 8.52. The molecular formula is C11H19F. The summed E-state index contributed by atoms with van der Waals surface area (Å²) < 4.78 is 13.7. The molecule has 2 aliphatic carbocycles. The van der Waals surface area contributed by atoms with Crippen molar-refractivity contribution in [2.75, 3.05) is 0 Å². The van der Waals surface area contributed by atoms with Crippen LogP contribution in [0.25, 0.3) is 0 Å². The van der Waals surface area contributed by atoms with E-state index in [1.54, 1.807) is 6.92 Å². The number of rotatable bonds is 0. The van der Waals surface area contributed by atoms with Crippen LogP contribution in [0.1, 0.15) is 40.5 Å². The molecule has 0 heterocycles. The summed E-state index contributed by atoms with van der Waals surface area (Å²) >= 11 is 0. The highest BCUT2D eigenvalue weighted by Crippen LogP contribution is 2.68. The average Bonchev–Trinajstić information content (AvgIpc) is 2.34. The monoisotopic (exact) mass is 170 g/mol. The Morgan fingerprint density at radius 1 is 1.25 bits per heavy atom. The van der Waals surface area contributed by atoms with Crippen molar-refractivity contribution < 1.29 is 4.39 Å². The van der Waals surface area contributed by atoms with E-state index in [4.69, 9.17) is 0 Å². The topological polar surface area (TPSA) is 0 Å². The van der Waals surface area contributed by atoms with Crippen LogP contribution in [0.2, 0.25) is 0 Å². The van der Waals surface area contributed by atoms with E-state index in [-0.39, 0.29) is 0 Å². The van der Waals surface area contributed by atoms with Gasteiger partial charge in [0, 0.05) is 5.92 Å². The maximum absolute atomic E-state index is 13.7. The molecule has 0 aliphatic heterocycles. The minimum absolute atomic E-state index is 0.309. The van der Waals surface area contributed by atoms with E-state index in [1.165, 1.54) is 6.42 Å². The smallest absolute Gasteiger partial charge is 0.114 e. The second kappa shape index (κ2) is 2.05. The largest absolute Gasteiger partial charge is 0.244 e. The molecule has 70 valence electrons. The zero-order valence-corrected chi connectivity index (χ0v) is 8.52. The molecule has 0 radical (unpaired) electrons. The van der Waals surface area contributed by atoms with E-state index in [0.717, 1.165) is 6.42 Å². The molecule has 2 aliphatic rings. The standard InChI is InChI=1S/C11H19F/c1-10(2,3)7-5-6-8-9(7)11(8,4)12/h7-9H,5-6H2,1-4H3. The molecule has 2 fully saturated rings. The third kappa shape index (κ3) is 0.946. The molecule has 4 unspecified atom stereocenters. The van der Waals surface area contributed by atoms with Gasteiger partial charge in [0.05, 0.1) is 0 Å². The van der Waals surface area contributed by atoms with Crippen LogP contribution in [0.4, 0.5) is 4.39 Å². The SMILES string of the molecule is CC(C)(C)C1CCC2C1C2(C)F. The van der Waals surface area contributed by atoms with Gasteiger partial charge in [-0.05, 0) is 37.0 Å². The normalized spacial score (nSPS) is 52.2. The highest BCUT2D eigenvalue weighted by molar-refractivity contribution is 5.17.